The van der Waals surface area contributed by atoms with Gasteiger partial charge in [0, 0.05) is 19.3 Å². The van der Waals surface area contributed by atoms with E-state index in [-0.39, 0.29) is 0 Å². The van der Waals surface area contributed by atoms with Crippen LogP contribution in [-0.2, 0) is 10.0 Å². The van der Waals surface area contributed by atoms with Crippen LogP contribution in [-0.4, -0.2) is 35.6 Å². The highest BCUT2D eigenvalue weighted by Crippen LogP contribution is 2.31. The quantitative estimate of drug-likeness (QED) is 0.703. The number of nitrogens with zero attached hydrogens (tertiary/aromatic N) is 3. The Morgan fingerprint density at radius 1 is 1.04 bits per heavy atom. The van der Waals surface area contributed by atoms with Crippen molar-refractivity contribution in [3.8, 4) is 5.69 Å². The fourth-order valence-electron chi connectivity index (χ4n) is 3.24. The second-order valence-corrected chi connectivity index (χ2v) is 9.28. The summed E-state index contributed by atoms with van der Waals surface area (Å²) < 4.78 is 29.1. The number of hydrogen-bond acceptors (Lipinski definition) is 4. The van der Waals surface area contributed by atoms with Crippen LogP contribution < -0.4 is 0 Å². The Hall–Kier alpha value is -1.96. The number of benzene rings is 1. The highest BCUT2D eigenvalue weighted by atomic mass is 32.2. The first-order chi connectivity index (χ1) is 12.1. The molecule has 130 valence electrons. The minimum absolute atomic E-state index is 0.354. The third kappa shape index (κ3) is 3.27. The summed E-state index contributed by atoms with van der Waals surface area (Å²) in [5.74, 6) is 0.354. The van der Waals surface area contributed by atoms with Gasteiger partial charge in [-0.15, -0.1) is 11.3 Å². The van der Waals surface area contributed by atoms with E-state index in [0.29, 0.717) is 23.2 Å². The van der Waals surface area contributed by atoms with Crippen LogP contribution in [0.25, 0.3) is 5.69 Å². The molecule has 0 spiro atoms. The lowest BCUT2D eigenvalue weighted by Crippen LogP contribution is -2.37. The number of piperidine rings is 1. The van der Waals surface area contributed by atoms with E-state index in [1.54, 1.807) is 21.8 Å². The van der Waals surface area contributed by atoms with Crippen LogP contribution in [0.1, 0.15) is 24.3 Å². The molecule has 0 radical (unpaired) electrons. The van der Waals surface area contributed by atoms with Gasteiger partial charge in [-0.05, 0) is 47.9 Å². The summed E-state index contributed by atoms with van der Waals surface area (Å²) in [5.41, 5.74) is 2.21. The highest BCUT2D eigenvalue weighted by molar-refractivity contribution is 7.91. The van der Waals surface area contributed by atoms with Crippen molar-refractivity contribution in [1.82, 2.24) is 14.1 Å². The Bertz CT molecular complexity index is 926. The predicted octanol–water partition coefficient (Wildman–Crippen LogP) is 3.50. The topological polar surface area (TPSA) is 55.2 Å². The molecule has 1 fully saturated rings. The lowest BCUT2D eigenvalue weighted by molar-refractivity contribution is 0.320. The first-order valence-corrected chi connectivity index (χ1v) is 10.6. The summed E-state index contributed by atoms with van der Waals surface area (Å²) in [4.78, 5) is 0. The van der Waals surface area contributed by atoms with E-state index < -0.39 is 10.0 Å². The van der Waals surface area contributed by atoms with Gasteiger partial charge in [0.15, 0.2) is 0 Å². The zero-order chi connectivity index (χ0) is 17.3. The summed E-state index contributed by atoms with van der Waals surface area (Å²) in [7, 11) is -3.33. The molecule has 0 aliphatic carbocycles. The molecule has 3 heterocycles. The van der Waals surface area contributed by atoms with Crippen LogP contribution in [0.15, 0.2) is 64.4 Å². The zero-order valence-corrected chi connectivity index (χ0v) is 15.3. The van der Waals surface area contributed by atoms with Gasteiger partial charge in [-0.2, -0.15) is 9.40 Å². The van der Waals surface area contributed by atoms with E-state index in [1.807, 2.05) is 41.2 Å². The predicted molar refractivity (Wildman–Crippen MR) is 98.6 cm³/mol. The largest absolute Gasteiger partial charge is 0.252 e. The van der Waals surface area contributed by atoms with Gasteiger partial charge in [0.1, 0.15) is 4.21 Å². The minimum atomic E-state index is -3.33. The lowest BCUT2D eigenvalue weighted by atomic mass is 9.93. The lowest BCUT2D eigenvalue weighted by Gasteiger charge is -2.30. The summed E-state index contributed by atoms with van der Waals surface area (Å²) in [6, 6.07) is 13.5. The first-order valence-electron chi connectivity index (χ1n) is 8.28. The van der Waals surface area contributed by atoms with Gasteiger partial charge in [0.05, 0.1) is 11.9 Å². The van der Waals surface area contributed by atoms with E-state index in [1.165, 1.54) is 16.9 Å². The maximum absolute atomic E-state index is 12.6. The fourth-order valence-corrected chi connectivity index (χ4v) is 5.85. The fraction of sp³-hybridized carbons (Fsp3) is 0.278. The van der Waals surface area contributed by atoms with E-state index in [0.717, 1.165) is 18.5 Å². The molecule has 1 aliphatic rings. The molecule has 0 atom stereocenters. The Morgan fingerprint density at radius 2 is 1.80 bits per heavy atom. The summed E-state index contributed by atoms with van der Waals surface area (Å²) >= 11 is 1.28. The molecule has 0 bridgehead atoms. The Balaban J connectivity index is 1.45. The molecular formula is C18H19N3O2S2. The van der Waals surface area contributed by atoms with Gasteiger partial charge in [-0.25, -0.2) is 13.1 Å². The number of hydrogen-bond donors (Lipinski definition) is 0. The molecule has 1 saturated heterocycles. The van der Waals surface area contributed by atoms with Crippen molar-refractivity contribution in [2.75, 3.05) is 13.1 Å². The smallest absolute Gasteiger partial charge is 0.241 e. The van der Waals surface area contributed by atoms with Crippen molar-refractivity contribution in [1.29, 1.82) is 0 Å². The second-order valence-electron chi connectivity index (χ2n) is 6.16. The van der Waals surface area contributed by atoms with Crippen molar-refractivity contribution in [3.05, 3.63) is 65.8 Å². The Kier molecular flexibility index (Phi) is 4.45. The average Bonchev–Trinajstić information content (AvgIpc) is 3.35. The van der Waals surface area contributed by atoms with Gasteiger partial charge in [0.2, 0.25) is 0 Å². The molecule has 1 aliphatic heterocycles. The van der Waals surface area contributed by atoms with Crippen molar-refractivity contribution in [2.45, 2.75) is 23.0 Å². The Labute approximate surface area is 151 Å². The molecule has 7 heteroatoms. The third-order valence-electron chi connectivity index (χ3n) is 4.64. The molecule has 5 nitrogen and oxygen atoms in total. The van der Waals surface area contributed by atoms with Gasteiger partial charge in [-0.3, -0.25) is 0 Å². The standard InChI is InChI=1S/C18H19N3O2S2/c22-25(23,18-7-4-12-24-18)20-10-8-15(9-11-20)16-13-19-21(14-16)17-5-2-1-3-6-17/h1-7,12-15H,8-11H2. The van der Waals surface area contributed by atoms with Crippen molar-refractivity contribution in [2.24, 2.45) is 0 Å². The number of thiophene rings is 1. The van der Waals surface area contributed by atoms with Crippen LogP contribution in [0.2, 0.25) is 0 Å². The molecule has 0 N–H and O–H groups in total. The van der Waals surface area contributed by atoms with Crippen molar-refractivity contribution < 1.29 is 8.42 Å². The SMILES string of the molecule is O=S(=O)(c1cccs1)N1CCC(c2cnn(-c3ccccc3)c2)CC1. The molecule has 1 aromatic carbocycles. The molecule has 0 saturated carbocycles. The van der Waals surface area contributed by atoms with Crippen LogP contribution >= 0.6 is 11.3 Å². The average molecular weight is 374 g/mol. The number of aromatic nitrogens is 2. The second kappa shape index (κ2) is 6.74. The first kappa shape index (κ1) is 16.5. The Morgan fingerprint density at radius 3 is 2.48 bits per heavy atom. The molecule has 0 unspecified atom stereocenters. The molecule has 2 aromatic heterocycles. The monoisotopic (exact) mass is 373 g/mol. The third-order valence-corrected chi connectivity index (χ3v) is 7.91. The van der Waals surface area contributed by atoms with E-state index in [9.17, 15) is 8.42 Å². The van der Waals surface area contributed by atoms with E-state index in [4.69, 9.17) is 0 Å². The van der Waals surface area contributed by atoms with Gasteiger partial charge < -0.3 is 0 Å². The zero-order valence-electron chi connectivity index (χ0n) is 13.7. The van der Waals surface area contributed by atoms with E-state index in [2.05, 4.69) is 11.3 Å². The highest BCUT2D eigenvalue weighted by Gasteiger charge is 2.30. The van der Waals surface area contributed by atoms with E-state index >= 15 is 0 Å². The summed E-state index contributed by atoms with van der Waals surface area (Å²) in [6.07, 6.45) is 5.61. The summed E-state index contributed by atoms with van der Waals surface area (Å²) in [5, 5.41) is 6.26. The normalized spacial score (nSPS) is 17.0. The van der Waals surface area contributed by atoms with Crippen molar-refractivity contribution in [3.63, 3.8) is 0 Å². The van der Waals surface area contributed by atoms with Crippen LogP contribution in [0.3, 0.4) is 0 Å². The van der Waals surface area contributed by atoms with Crippen molar-refractivity contribution >= 4 is 21.4 Å². The number of rotatable bonds is 4. The van der Waals surface area contributed by atoms with Gasteiger partial charge in [-0.1, -0.05) is 24.3 Å². The maximum atomic E-state index is 12.6. The molecule has 25 heavy (non-hydrogen) atoms. The number of sulfonamides is 1. The maximum Gasteiger partial charge on any atom is 0.252 e. The molecule has 0 amide bonds. The van der Waals surface area contributed by atoms with Gasteiger partial charge in [0.25, 0.3) is 10.0 Å². The summed E-state index contributed by atoms with van der Waals surface area (Å²) in [6.45, 7) is 1.11. The van der Waals surface area contributed by atoms with Crippen LogP contribution in [0.5, 0.6) is 0 Å². The number of para-hydroxylation sites is 1. The minimum Gasteiger partial charge on any atom is -0.241 e. The van der Waals surface area contributed by atoms with Gasteiger partial charge >= 0.3 is 0 Å². The van der Waals surface area contributed by atoms with Crippen LogP contribution in [0.4, 0.5) is 0 Å². The van der Waals surface area contributed by atoms with Crippen LogP contribution in [0, 0.1) is 0 Å². The molecular weight excluding hydrogens is 354 g/mol. The molecule has 3 aromatic rings. The molecule has 4 rings (SSSR count).